The number of rotatable bonds is 2. The van der Waals surface area contributed by atoms with Crippen molar-refractivity contribution in [2.45, 2.75) is 31.0 Å². The lowest BCUT2D eigenvalue weighted by molar-refractivity contribution is -0.126. The molecule has 3 aliphatic rings. The van der Waals surface area contributed by atoms with Gasteiger partial charge in [-0.2, -0.15) is 5.10 Å². The predicted octanol–water partition coefficient (Wildman–Crippen LogP) is 0.969. The van der Waals surface area contributed by atoms with Crippen molar-refractivity contribution in [1.82, 2.24) is 24.6 Å². The van der Waals surface area contributed by atoms with Crippen molar-refractivity contribution in [3.63, 3.8) is 0 Å². The van der Waals surface area contributed by atoms with Crippen LogP contribution in [0, 0.1) is 0 Å². The van der Waals surface area contributed by atoms with Crippen LogP contribution in [0.25, 0.3) is 0 Å². The Labute approximate surface area is 133 Å². The van der Waals surface area contributed by atoms with Crippen LogP contribution in [0.15, 0.2) is 18.5 Å². The van der Waals surface area contributed by atoms with Crippen molar-refractivity contribution >= 4 is 5.91 Å². The Morgan fingerprint density at radius 3 is 2.91 bits per heavy atom. The normalized spacial score (nSPS) is 21.3. The summed E-state index contributed by atoms with van der Waals surface area (Å²) in [6.07, 6.45) is 6.07. The number of amides is 1. The molecule has 1 saturated heterocycles. The van der Waals surface area contributed by atoms with Gasteiger partial charge in [0, 0.05) is 30.9 Å². The Morgan fingerprint density at radius 1 is 1.39 bits per heavy atom. The summed E-state index contributed by atoms with van der Waals surface area (Å²) in [5.74, 6) is 1.44. The van der Waals surface area contributed by atoms with Crippen molar-refractivity contribution < 1.29 is 9.53 Å². The van der Waals surface area contributed by atoms with Crippen molar-refractivity contribution in [3.05, 3.63) is 41.2 Å². The number of hydrogen-bond acceptors (Lipinski definition) is 5. The first-order chi connectivity index (χ1) is 11.1. The van der Waals surface area contributed by atoms with Crippen LogP contribution >= 0.6 is 0 Å². The molecule has 0 N–H and O–H groups in total. The molecule has 4 heterocycles. The number of nitrogens with zero attached hydrogens (tertiary/aromatic N) is 5. The molecule has 2 aliphatic heterocycles. The Morgan fingerprint density at radius 2 is 2.22 bits per heavy atom. The summed E-state index contributed by atoms with van der Waals surface area (Å²) in [7, 11) is 1.81. The van der Waals surface area contributed by atoms with E-state index in [-0.39, 0.29) is 5.91 Å². The summed E-state index contributed by atoms with van der Waals surface area (Å²) >= 11 is 0. The summed E-state index contributed by atoms with van der Waals surface area (Å²) in [5.41, 5.74) is 2.10. The lowest BCUT2D eigenvalue weighted by Crippen LogP contribution is -2.61. The predicted molar refractivity (Wildman–Crippen MR) is 79.6 cm³/mol. The van der Waals surface area contributed by atoms with Gasteiger partial charge in [-0.15, -0.1) is 0 Å². The molecule has 0 aromatic carbocycles. The van der Waals surface area contributed by atoms with Gasteiger partial charge in [0.05, 0.1) is 25.4 Å². The molecule has 1 amide bonds. The van der Waals surface area contributed by atoms with Gasteiger partial charge in [0.15, 0.2) is 0 Å². The minimum atomic E-state index is -0.415. The zero-order valence-electron chi connectivity index (χ0n) is 12.9. The maximum absolute atomic E-state index is 12.4. The van der Waals surface area contributed by atoms with Crippen LogP contribution in [0.5, 0.6) is 0 Å². The average molecular weight is 311 g/mol. The molecule has 1 saturated carbocycles. The zero-order chi connectivity index (χ0) is 15.6. The smallest absolute Gasteiger partial charge is 0.274 e. The number of fused-ring (bicyclic) bond motifs is 2. The van der Waals surface area contributed by atoms with Gasteiger partial charge in [-0.3, -0.25) is 9.48 Å². The summed E-state index contributed by atoms with van der Waals surface area (Å²) in [6, 6.07) is 1.74. The largest absolute Gasteiger partial charge is 0.360 e. The molecule has 118 valence electrons. The molecular weight excluding hydrogens is 294 g/mol. The second-order valence-electron chi connectivity index (χ2n) is 6.68. The number of carbonyl (C=O) groups excluding carboxylic acids is 1. The zero-order valence-corrected chi connectivity index (χ0v) is 12.9. The van der Waals surface area contributed by atoms with Crippen LogP contribution in [0.1, 0.15) is 46.3 Å². The van der Waals surface area contributed by atoms with E-state index in [0.29, 0.717) is 31.3 Å². The van der Waals surface area contributed by atoms with Gasteiger partial charge < -0.3 is 9.64 Å². The third-order valence-electron chi connectivity index (χ3n) is 4.92. The Balaban J connectivity index is 1.36. The first-order valence-corrected chi connectivity index (χ1v) is 7.94. The van der Waals surface area contributed by atoms with Crippen LogP contribution in [0.3, 0.4) is 0 Å². The summed E-state index contributed by atoms with van der Waals surface area (Å²) < 4.78 is 7.64. The third-order valence-corrected chi connectivity index (χ3v) is 4.92. The Kier molecular flexibility index (Phi) is 2.51. The molecule has 5 rings (SSSR count). The molecule has 2 aromatic heterocycles. The topological polar surface area (TPSA) is 73.1 Å². The van der Waals surface area contributed by atoms with E-state index in [1.807, 2.05) is 6.20 Å². The number of hydrogen-bond donors (Lipinski definition) is 0. The summed E-state index contributed by atoms with van der Waals surface area (Å²) in [5, 5.41) is 4.17. The molecule has 2 aromatic rings. The fourth-order valence-corrected chi connectivity index (χ4v) is 3.41. The van der Waals surface area contributed by atoms with Gasteiger partial charge in [-0.25, -0.2) is 9.97 Å². The Bertz CT molecular complexity index is 805. The number of ether oxygens (including phenoxy) is 1. The van der Waals surface area contributed by atoms with E-state index in [0.717, 1.165) is 17.1 Å². The van der Waals surface area contributed by atoms with Crippen LogP contribution < -0.4 is 0 Å². The van der Waals surface area contributed by atoms with E-state index in [2.05, 4.69) is 15.1 Å². The highest BCUT2D eigenvalue weighted by molar-refractivity contribution is 5.93. The van der Waals surface area contributed by atoms with E-state index < -0.39 is 5.60 Å². The number of likely N-dealkylation sites (tertiary alicyclic amines) is 1. The highest BCUT2D eigenvalue weighted by Crippen LogP contribution is 2.44. The lowest BCUT2D eigenvalue weighted by Gasteiger charge is -2.46. The number of aromatic nitrogens is 4. The van der Waals surface area contributed by atoms with E-state index >= 15 is 0 Å². The van der Waals surface area contributed by atoms with Gasteiger partial charge in [-0.05, 0) is 18.9 Å². The molecule has 7 heteroatoms. The van der Waals surface area contributed by atoms with Gasteiger partial charge in [0.25, 0.3) is 5.91 Å². The van der Waals surface area contributed by atoms with Crippen LogP contribution in [0.2, 0.25) is 0 Å². The highest BCUT2D eigenvalue weighted by atomic mass is 16.5. The first kappa shape index (κ1) is 13.2. The lowest BCUT2D eigenvalue weighted by atomic mass is 9.87. The maximum Gasteiger partial charge on any atom is 0.274 e. The van der Waals surface area contributed by atoms with Crippen LogP contribution in [-0.4, -0.2) is 43.6 Å². The van der Waals surface area contributed by atoms with Gasteiger partial charge in [-0.1, -0.05) is 0 Å². The molecule has 0 unspecified atom stereocenters. The fourth-order valence-electron chi connectivity index (χ4n) is 3.41. The van der Waals surface area contributed by atoms with Crippen molar-refractivity contribution in [3.8, 4) is 0 Å². The van der Waals surface area contributed by atoms with Crippen LogP contribution in [-0.2, 0) is 24.0 Å². The molecule has 0 radical (unpaired) electrons. The first-order valence-electron chi connectivity index (χ1n) is 7.94. The summed E-state index contributed by atoms with van der Waals surface area (Å²) in [4.78, 5) is 23.4. The second kappa shape index (κ2) is 4.38. The second-order valence-corrected chi connectivity index (χ2v) is 6.68. The van der Waals surface area contributed by atoms with Crippen molar-refractivity contribution in [2.75, 3.05) is 13.1 Å². The van der Waals surface area contributed by atoms with E-state index in [4.69, 9.17) is 4.74 Å². The molecule has 23 heavy (non-hydrogen) atoms. The molecule has 1 spiro atoms. The minimum absolute atomic E-state index is 0.0520. The quantitative estimate of drug-likeness (QED) is 0.826. The van der Waals surface area contributed by atoms with Crippen molar-refractivity contribution in [2.24, 2.45) is 7.05 Å². The maximum atomic E-state index is 12.4. The monoisotopic (exact) mass is 311 g/mol. The van der Waals surface area contributed by atoms with Gasteiger partial charge >= 0.3 is 0 Å². The molecular formula is C16H17N5O2. The van der Waals surface area contributed by atoms with E-state index in [9.17, 15) is 4.79 Å². The molecule has 0 bridgehead atoms. The van der Waals surface area contributed by atoms with Crippen LogP contribution in [0.4, 0.5) is 0 Å². The molecule has 7 nitrogen and oxygen atoms in total. The summed E-state index contributed by atoms with van der Waals surface area (Å²) in [6.45, 7) is 1.60. The van der Waals surface area contributed by atoms with E-state index in [1.54, 1.807) is 28.9 Å². The third kappa shape index (κ3) is 1.92. The SMILES string of the molecule is Cn1ccc(C(=O)N2CC3(C2)OCc2nc(C4CC4)ncc23)n1. The number of aryl methyl sites for hydroxylation is 1. The Hall–Kier alpha value is -2.28. The molecule has 1 aliphatic carbocycles. The highest BCUT2D eigenvalue weighted by Gasteiger charge is 2.53. The van der Waals surface area contributed by atoms with Gasteiger partial charge in [0.2, 0.25) is 0 Å². The fraction of sp³-hybridized carbons (Fsp3) is 0.500. The van der Waals surface area contributed by atoms with E-state index in [1.165, 1.54) is 12.8 Å². The minimum Gasteiger partial charge on any atom is -0.360 e. The number of carbonyl (C=O) groups is 1. The molecule has 2 fully saturated rings. The standard InChI is InChI=1S/C16H17N5O2/c1-20-5-4-12(19-20)15(22)21-8-16(9-21)11-6-17-14(10-2-3-10)18-13(11)7-23-16/h4-6,10H,2-3,7-9H2,1H3. The average Bonchev–Trinajstić information content (AvgIpc) is 3.17. The molecule has 0 atom stereocenters. The van der Waals surface area contributed by atoms with Crippen molar-refractivity contribution in [1.29, 1.82) is 0 Å². The van der Waals surface area contributed by atoms with Gasteiger partial charge in [0.1, 0.15) is 17.1 Å².